The number of nitrogens with one attached hydrogen (secondary N) is 1. The Balaban J connectivity index is 1.31. The highest BCUT2D eigenvalue weighted by molar-refractivity contribution is 5.89. The van der Waals surface area contributed by atoms with Crippen LogP contribution in [-0.2, 0) is 11.2 Å². The molecule has 1 aliphatic rings. The van der Waals surface area contributed by atoms with Crippen LogP contribution in [-0.4, -0.2) is 53.7 Å². The Kier molecular flexibility index (Phi) is 5.25. The third-order valence-electron chi connectivity index (χ3n) is 5.19. The predicted octanol–water partition coefficient (Wildman–Crippen LogP) is 2.85. The van der Waals surface area contributed by atoms with Gasteiger partial charge in [0.05, 0.1) is 17.3 Å². The fraction of sp³-hybridized carbons (Fsp3) is 0.381. The van der Waals surface area contributed by atoms with Crippen molar-refractivity contribution in [1.29, 1.82) is 0 Å². The standard InChI is InChI=1S/C21H25N5O2/c1-15-13-17(22-14-19(15)23-16(2)27)7-8-25-9-11-26(12-10-25)21-18-5-3-4-6-20(18)28-24-21/h3-6,13-14H,7-12H2,1-2H3,(H,23,27). The number of hydrogen-bond donors (Lipinski definition) is 1. The quantitative estimate of drug-likeness (QED) is 0.735. The summed E-state index contributed by atoms with van der Waals surface area (Å²) < 4.78 is 5.44. The van der Waals surface area contributed by atoms with Crippen molar-refractivity contribution in [1.82, 2.24) is 15.0 Å². The zero-order valence-electron chi connectivity index (χ0n) is 16.3. The lowest BCUT2D eigenvalue weighted by Crippen LogP contribution is -2.47. The van der Waals surface area contributed by atoms with Gasteiger partial charge in [0.15, 0.2) is 11.4 Å². The molecule has 1 aliphatic heterocycles. The maximum absolute atomic E-state index is 11.2. The largest absolute Gasteiger partial charge is 0.354 e. The number of amides is 1. The van der Waals surface area contributed by atoms with E-state index >= 15 is 0 Å². The summed E-state index contributed by atoms with van der Waals surface area (Å²) in [5.41, 5.74) is 3.72. The smallest absolute Gasteiger partial charge is 0.221 e. The van der Waals surface area contributed by atoms with Gasteiger partial charge < -0.3 is 14.7 Å². The van der Waals surface area contributed by atoms with Gasteiger partial charge in [0.1, 0.15) is 0 Å². The highest BCUT2D eigenvalue weighted by Crippen LogP contribution is 2.26. The molecule has 0 atom stereocenters. The van der Waals surface area contributed by atoms with Crippen LogP contribution in [0.5, 0.6) is 0 Å². The van der Waals surface area contributed by atoms with Gasteiger partial charge in [-0.25, -0.2) is 0 Å². The molecule has 28 heavy (non-hydrogen) atoms. The van der Waals surface area contributed by atoms with Crippen LogP contribution < -0.4 is 10.2 Å². The summed E-state index contributed by atoms with van der Waals surface area (Å²) in [7, 11) is 0. The van der Waals surface area contributed by atoms with Gasteiger partial charge in [-0.1, -0.05) is 17.3 Å². The van der Waals surface area contributed by atoms with Crippen LogP contribution >= 0.6 is 0 Å². The summed E-state index contributed by atoms with van der Waals surface area (Å²) in [4.78, 5) is 20.5. The minimum atomic E-state index is -0.0737. The van der Waals surface area contributed by atoms with Gasteiger partial charge in [0, 0.05) is 51.8 Å². The number of hydrogen-bond acceptors (Lipinski definition) is 6. The van der Waals surface area contributed by atoms with E-state index in [1.165, 1.54) is 6.92 Å². The number of aryl methyl sites for hydroxylation is 1. The molecule has 0 spiro atoms. The van der Waals surface area contributed by atoms with Gasteiger partial charge >= 0.3 is 0 Å². The monoisotopic (exact) mass is 379 g/mol. The first-order valence-corrected chi connectivity index (χ1v) is 9.65. The molecule has 7 nitrogen and oxygen atoms in total. The zero-order valence-corrected chi connectivity index (χ0v) is 16.3. The van der Waals surface area contributed by atoms with Crippen molar-refractivity contribution in [3.63, 3.8) is 0 Å². The average Bonchev–Trinajstić information content (AvgIpc) is 3.12. The van der Waals surface area contributed by atoms with Gasteiger partial charge in [0.25, 0.3) is 0 Å². The van der Waals surface area contributed by atoms with Gasteiger partial charge in [-0.3, -0.25) is 14.7 Å². The molecule has 1 saturated heterocycles. The summed E-state index contributed by atoms with van der Waals surface area (Å²) >= 11 is 0. The molecule has 1 aromatic carbocycles. The molecule has 1 N–H and O–H groups in total. The number of pyridine rings is 1. The number of piperazine rings is 1. The Bertz CT molecular complexity index is 976. The Hall–Kier alpha value is -2.93. The van der Waals surface area contributed by atoms with Crippen LogP contribution in [0.2, 0.25) is 0 Å². The predicted molar refractivity (Wildman–Crippen MR) is 110 cm³/mol. The molecule has 1 fully saturated rings. The molecule has 0 unspecified atom stereocenters. The van der Waals surface area contributed by atoms with E-state index < -0.39 is 0 Å². The molecule has 3 aromatic rings. The molecule has 0 bridgehead atoms. The number of benzene rings is 1. The van der Waals surface area contributed by atoms with Gasteiger partial charge in [0.2, 0.25) is 5.91 Å². The van der Waals surface area contributed by atoms with Crippen LogP contribution in [0, 0.1) is 6.92 Å². The van der Waals surface area contributed by atoms with E-state index in [9.17, 15) is 4.79 Å². The number of fused-ring (bicyclic) bond motifs is 1. The van der Waals surface area contributed by atoms with Crippen molar-refractivity contribution in [3.05, 3.63) is 47.8 Å². The fourth-order valence-electron chi connectivity index (χ4n) is 3.63. The van der Waals surface area contributed by atoms with Crippen molar-refractivity contribution in [2.24, 2.45) is 0 Å². The number of aromatic nitrogens is 2. The van der Waals surface area contributed by atoms with Crippen molar-refractivity contribution in [3.8, 4) is 0 Å². The second kappa shape index (κ2) is 7.98. The van der Waals surface area contributed by atoms with Gasteiger partial charge in [-0.15, -0.1) is 0 Å². The summed E-state index contributed by atoms with van der Waals surface area (Å²) in [6.07, 6.45) is 2.65. The molecule has 4 rings (SSSR count). The van der Waals surface area contributed by atoms with Crippen LogP contribution in [0.3, 0.4) is 0 Å². The number of anilines is 2. The number of rotatable bonds is 5. The lowest BCUT2D eigenvalue weighted by atomic mass is 10.1. The van der Waals surface area contributed by atoms with Crippen LogP contribution in [0.15, 0.2) is 41.1 Å². The highest BCUT2D eigenvalue weighted by Gasteiger charge is 2.21. The summed E-state index contributed by atoms with van der Waals surface area (Å²) in [5.74, 6) is 0.872. The van der Waals surface area contributed by atoms with Crippen molar-refractivity contribution < 1.29 is 9.32 Å². The van der Waals surface area contributed by atoms with Crippen molar-refractivity contribution in [2.45, 2.75) is 20.3 Å². The maximum Gasteiger partial charge on any atom is 0.221 e. The van der Waals surface area contributed by atoms with E-state index in [-0.39, 0.29) is 5.91 Å². The second-order valence-electron chi connectivity index (χ2n) is 7.25. The molecule has 0 radical (unpaired) electrons. The first kappa shape index (κ1) is 18.4. The maximum atomic E-state index is 11.2. The Labute approximate surface area is 164 Å². The third-order valence-corrected chi connectivity index (χ3v) is 5.19. The number of nitrogens with zero attached hydrogens (tertiary/aromatic N) is 4. The van der Waals surface area contributed by atoms with Gasteiger partial charge in [-0.2, -0.15) is 0 Å². The van der Waals surface area contributed by atoms with Crippen molar-refractivity contribution >= 4 is 28.4 Å². The number of para-hydroxylation sites is 1. The SMILES string of the molecule is CC(=O)Nc1cnc(CCN2CCN(c3noc4ccccc34)CC2)cc1C. The Morgan fingerprint density at radius 1 is 1.21 bits per heavy atom. The summed E-state index contributed by atoms with van der Waals surface area (Å²) in [6.45, 7) is 8.33. The van der Waals surface area contributed by atoms with Gasteiger partial charge in [-0.05, 0) is 30.7 Å². The van der Waals surface area contributed by atoms with E-state index in [4.69, 9.17) is 4.52 Å². The minimum absolute atomic E-state index is 0.0737. The number of carbonyl (C=O) groups is 1. The molecule has 3 heterocycles. The van der Waals surface area contributed by atoms with E-state index in [2.05, 4.69) is 37.4 Å². The van der Waals surface area contributed by atoms with Crippen LogP contribution in [0.4, 0.5) is 11.5 Å². The van der Waals surface area contributed by atoms with E-state index in [0.29, 0.717) is 0 Å². The van der Waals surface area contributed by atoms with Crippen LogP contribution in [0.1, 0.15) is 18.2 Å². The molecule has 146 valence electrons. The number of carbonyl (C=O) groups excluding carboxylic acids is 1. The minimum Gasteiger partial charge on any atom is -0.354 e. The Morgan fingerprint density at radius 2 is 2.00 bits per heavy atom. The third kappa shape index (κ3) is 3.99. The summed E-state index contributed by atoms with van der Waals surface area (Å²) in [6, 6.07) is 10.1. The van der Waals surface area contributed by atoms with E-state index in [0.717, 1.165) is 72.9 Å². The second-order valence-corrected chi connectivity index (χ2v) is 7.25. The first-order valence-electron chi connectivity index (χ1n) is 9.65. The van der Waals surface area contributed by atoms with Crippen molar-refractivity contribution in [2.75, 3.05) is 42.9 Å². The van der Waals surface area contributed by atoms with E-state index in [1.807, 2.05) is 25.1 Å². The molecule has 7 heteroatoms. The lowest BCUT2D eigenvalue weighted by molar-refractivity contribution is -0.114. The highest BCUT2D eigenvalue weighted by atomic mass is 16.5. The molecule has 2 aromatic heterocycles. The zero-order chi connectivity index (χ0) is 19.5. The first-order chi connectivity index (χ1) is 13.6. The lowest BCUT2D eigenvalue weighted by Gasteiger charge is -2.34. The molecular formula is C21H25N5O2. The normalized spacial score (nSPS) is 15.1. The topological polar surface area (TPSA) is 74.5 Å². The molecule has 0 aliphatic carbocycles. The molecule has 1 amide bonds. The Morgan fingerprint density at radius 3 is 2.75 bits per heavy atom. The molecular weight excluding hydrogens is 354 g/mol. The molecule has 0 saturated carbocycles. The summed E-state index contributed by atoms with van der Waals surface area (Å²) in [5, 5.41) is 8.15. The fourth-order valence-corrected chi connectivity index (χ4v) is 3.63. The van der Waals surface area contributed by atoms with E-state index in [1.54, 1.807) is 6.20 Å². The van der Waals surface area contributed by atoms with Crippen LogP contribution in [0.25, 0.3) is 11.0 Å². The average molecular weight is 379 g/mol.